The van der Waals surface area contributed by atoms with Gasteiger partial charge in [-0.1, -0.05) is 23.9 Å². The Kier molecular flexibility index (Phi) is 5.62. The normalized spacial score (nSPS) is 16.0. The summed E-state index contributed by atoms with van der Waals surface area (Å²) in [6, 6.07) is 13.0. The Labute approximate surface area is 176 Å². The fourth-order valence-electron chi connectivity index (χ4n) is 3.39. The molecule has 0 amide bonds. The zero-order chi connectivity index (χ0) is 20.4. The highest BCUT2D eigenvalue weighted by atomic mass is 32.2. The number of amidine groups is 1. The van der Waals surface area contributed by atoms with Crippen LogP contribution in [0.15, 0.2) is 53.9 Å². The summed E-state index contributed by atoms with van der Waals surface area (Å²) in [7, 11) is 0. The maximum Gasteiger partial charge on any atom is 0.161 e. The average Bonchev–Trinajstić information content (AvgIpc) is 3.35. The summed E-state index contributed by atoms with van der Waals surface area (Å²) in [5.74, 6) is 1.89. The molecule has 1 atom stereocenters. The summed E-state index contributed by atoms with van der Waals surface area (Å²) in [5.41, 5.74) is 6.73. The van der Waals surface area contributed by atoms with E-state index < -0.39 is 0 Å². The minimum atomic E-state index is 0.171. The van der Waals surface area contributed by atoms with Gasteiger partial charge in [0.2, 0.25) is 0 Å². The summed E-state index contributed by atoms with van der Waals surface area (Å²) >= 11 is 1.77. The zero-order valence-electron chi connectivity index (χ0n) is 17.3. The highest BCUT2D eigenvalue weighted by Gasteiger charge is 2.21. The zero-order valence-corrected chi connectivity index (χ0v) is 18.1. The van der Waals surface area contributed by atoms with E-state index >= 15 is 0 Å². The molecule has 150 valence electrons. The van der Waals surface area contributed by atoms with Crippen LogP contribution in [0.25, 0.3) is 5.69 Å². The van der Waals surface area contributed by atoms with Crippen molar-refractivity contribution in [2.45, 2.75) is 33.7 Å². The number of thioether (sulfide) groups is 1. The van der Waals surface area contributed by atoms with Crippen molar-refractivity contribution in [1.29, 1.82) is 0 Å². The number of aliphatic imine (C=N–C) groups is 1. The highest BCUT2D eigenvalue weighted by molar-refractivity contribution is 8.14. The summed E-state index contributed by atoms with van der Waals surface area (Å²) in [5, 5.41) is 4.47. The lowest BCUT2D eigenvalue weighted by Gasteiger charge is -2.13. The number of nitrogens with one attached hydrogen (secondary N) is 1. The van der Waals surface area contributed by atoms with Gasteiger partial charge >= 0.3 is 0 Å². The molecule has 3 aromatic rings. The van der Waals surface area contributed by atoms with Crippen LogP contribution >= 0.6 is 11.8 Å². The van der Waals surface area contributed by atoms with Crippen molar-refractivity contribution < 1.29 is 4.74 Å². The van der Waals surface area contributed by atoms with Crippen molar-refractivity contribution in [3.63, 3.8) is 0 Å². The molecule has 1 aromatic heterocycles. The molecule has 0 aliphatic carbocycles. The number of aromatic nitrogens is 2. The number of aryl methyl sites for hydroxylation is 3. The first-order chi connectivity index (χ1) is 14.0. The smallest absolute Gasteiger partial charge is 0.161 e. The number of benzene rings is 2. The van der Waals surface area contributed by atoms with E-state index in [0.717, 1.165) is 44.9 Å². The van der Waals surface area contributed by atoms with Gasteiger partial charge in [-0.2, -0.15) is 0 Å². The monoisotopic (exact) mass is 406 g/mol. The van der Waals surface area contributed by atoms with Crippen LogP contribution in [0.3, 0.4) is 0 Å². The van der Waals surface area contributed by atoms with Crippen LogP contribution in [0.5, 0.6) is 5.75 Å². The maximum atomic E-state index is 5.69. The van der Waals surface area contributed by atoms with Crippen molar-refractivity contribution in [1.82, 2.24) is 9.55 Å². The average molecular weight is 407 g/mol. The van der Waals surface area contributed by atoms with Crippen LogP contribution in [0, 0.1) is 20.8 Å². The number of rotatable bonds is 5. The molecular weight excluding hydrogens is 380 g/mol. The van der Waals surface area contributed by atoms with E-state index in [0.29, 0.717) is 6.61 Å². The Morgan fingerprint density at radius 2 is 1.93 bits per heavy atom. The highest BCUT2D eigenvalue weighted by Crippen LogP contribution is 2.33. The Hall–Kier alpha value is -2.73. The van der Waals surface area contributed by atoms with E-state index in [9.17, 15) is 0 Å². The maximum absolute atomic E-state index is 5.69. The van der Waals surface area contributed by atoms with Crippen LogP contribution in [-0.4, -0.2) is 27.1 Å². The third-order valence-electron chi connectivity index (χ3n) is 5.00. The number of nitrogens with zero attached hydrogens (tertiary/aromatic N) is 3. The number of hydrogen-bond acceptors (Lipinski definition) is 5. The van der Waals surface area contributed by atoms with E-state index in [4.69, 9.17) is 9.73 Å². The van der Waals surface area contributed by atoms with E-state index in [1.54, 1.807) is 11.8 Å². The molecule has 2 heterocycles. The van der Waals surface area contributed by atoms with Gasteiger partial charge in [0.05, 0.1) is 24.7 Å². The second kappa shape index (κ2) is 8.33. The molecule has 0 bridgehead atoms. The topological polar surface area (TPSA) is 51.4 Å². The minimum Gasteiger partial charge on any atom is -0.494 e. The van der Waals surface area contributed by atoms with E-state index in [1.165, 1.54) is 5.56 Å². The third kappa shape index (κ3) is 4.32. The van der Waals surface area contributed by atoms with Gasteiger partial charge in [0.25, 0.3) is 0 Å². The van der Waals surface area contributed by atoms with Crippen molar-refractivity contribution in [3.8, 4) is 11.4 Å². The summed E-state index contributed by atoms with van der Waals surface area (Å²) in [4.78, 5) is 9.20. The Morgan fingerprint density at radius 1 is 1.14 bits per heavy atom. The van der Waals surface area contributed by atoms with Gasteiger partial charge < -0.3 is 14.6 Å². The van der Waals surface area contributed by atoms with Gasteiger partial charge in [0.1, 0.15) is 5.75 Å². The van der Waals surface area contributed by atoms with Crippen molar-refractivity contribution in [2.24, 2.45) is 4.99 Å². The molecule has 2 aromatic carbocycles. The summed E-state index contributed by atoms with van der Waals surface area (Å²) in [6.07, 6.45) is 3.87. The summed E-state index contributed by atoms with van der Waals surface area (Å²) < 4.78 is 7.73. The molecule has 29 heavy (non-hydrogen) atoms. The molecule has 5 nitrogen and oxygen atoms in total. The van der Waals surface area contributed by atoms with E-state index in [1.807, 2.05) is 30.9 Å². The van der Waals surface area contributed by atoms with Crippen molar-refractivity contribution in [3.05, 3.63) is 71.3 Å². The van der Waals surface area contributed by atoms with E-state index in [2.05, 4.69) is 60.5 Å². The predicted molar refractivity (Wildman–Crippen MR) is 122 cm³/mol. The molecule has 1 N–H and O–H groups in total. The molecule has 0 saturated heterocycles. The van der Waals surface area contributed by atoms with Gasteiger partial charge in [0, 0.05) is 23.3 Å². The number of ether oxygens (including phenoxy) is 1. The second-order valence-corrected chi connectivity index (χ2v) is 8.27. The lowest BCUT2D eigenvalue weighted by molar-refractivity contribution is 0.338. The van der Waals surface area contributed by atoms with Gasteiger partial charge in [-0.25, -0.2) is 4.98 Å². The number of anilines is 1. The molecule has 0 fully saturated rings. The van der Waals surface area contributed by atoms with E-state index in [-0.39, 0.29) is 6.04 Å². The van der Waals surface area contributed by atoms with Gasteiger partial charge in [-0.05, 0) is 68.7 Å². The molecule has 0 saturated carbocycles. The second-order valence-electron chi connectivity index (χ2n) is 7.27. The quantitative estimate of drug-likeness (QED) is 0.612. The van der Waals surface area contributed by atoms with Crippen LogP contribution in [0.4, 0.5) is 5.69 Å². The predicted octanol–water partition coefficient (Wildman–Crippen LogP) is 5.45. The molecule has 1 aliphatic rings. The largest absolute Gasteiger partial charge is 0.494 e. The van der Waals surface area contributed by atoms with Crippen LogP contribution in [0.1, 0.15) is 35.3 Å². The Bertz CT molecular complexity index is 1040. The third-order valence-corrected chi connectivity index (χ3v) is 5.97. The lowest BCUT2D eigenvalue weighted by Crippen LogP contribution is -2.07. The molecule has 0 radical (unpaired) electrons. The van der Waals surface area contributed by atoms with Crippen LogP contribution < -0.4 is 10.1 Å². The number of hydrogen-bond donors (Lipinski definition) is 1. The molecule has 6 heteroatoms. The lowest BCUT2D eigenvalue weighted by atomic mass is 10.1. The molecule has 1 aliphatic heterocycles. The first-order valence-electron chi connectivity index (χ1n) is 9.86. The number of imidazole rings is 1. The van der Waals surface area contributed by atoms with Crippen molar-refractivity contribution in [2.75, 3.05) is 17.7 Å². The Balaban J connectivity index is 1.47. The minimum absolute atomic E-state index is 0.171. The molecule has 1 unspecified atom stereocenters. The Morgan fingerprint density at radius 3 is 2.62 bits per heavy atom. The van der Waals surface area contributed by atoms with Gasteiger partial charge in [0.15, 0.2) is 5.17 Å². The molecular formula is C23H26N4OS. The standard InChI is InChI=1S/C23H26N4OS/c1-5-28-22-11-15(2)20(10-16(22)3)25-23-26-21(13-29-23)18-6-8-19(9-7-18)27-12-17(4)24-14-27/h6-12,14,21H,5,13H2,1-4H3,(H,25,26). The fraction of sp³-hybridized carbons (Fsp3) is 0.304. The van der Waals surface area contributed by atoms with Gasteiger partial charge in [-0.15, -0.1) is 0 Å². The van der Waals surface area contributed by atoms with Gasteiger partial charge in [-0.3, -0.25) is 4.99 Å². The van der Waals surface area contributed by atoms with Crippen molar-refractivity contribution >= 4 is 22.6 Å². The van der Waals surface area contributed by atoms with Crippen LogP contribution in [-0.2, 0) is 0 Å². The molecule has 4 rings (SSSR count). The van der Waals surface area contributed by atoms with Crippen LogP contribution in [0.2, 0.25) is 0 Å². The SMILES string of the molecule is CCOc1cc(C)c(NC2=NC(c3ccc(-n4cnc(C)c4)cc3)CS2)cc1C. The molecule has 0 spiro atoms. The fourth-order valence-corrected chi connectivity index (χ4v) is 4.36. The first kappa shape index (κ1) is 19.6. The summed E-state index contributed by atoms with van der Waals surface area (Å²) in [6.45, 7) is 8.85. The first-order valence-corrected chi connectivity index (χ1v) is 10.8.